The minimum absolute atomic E-state index is 0.0418. The molecule has 0 aliphatic heterocycles. The van der Waals surface area contributed by atoms with Crippen molar-refractivity contribution in [3.05, 3.63) is 20.8 Å². The zero-order chi connectivity index (χ0) is 13.1. The molecule has 2 heterocycles. The van der Waals surface area contributed by atoms with Crippen LogP contribution in [-0.2, 0) is 4.79 Å². The Kier molecular flexibility index (Phi) is 3.53. The molecule has 0 spiro atoms. The quantitative estimate of drug-likeness (QED) is 0.642. The van der Waals surface area contributed by atoms with Crippen molar-refractivity contribution in [2.45, 2.75) is 16.3 Å². The molecule has 18 heavy (non-hydrogen) atoms. The second-order valence-corrected chi connectivity index (χ2v) is 5.18. The Balaban J connectivity index is 2.18. The molecule has 11 heteroatoms. The van der Waals surface area contributed by atoms with E-state index in [-0.39, 0.29) is 10.9 Å². The molecule has 2 rings (SSSR count). The summed E-state index contributed by atoms with van der Waals surface area (Å²) in [6.45, 7) is 1.35. The van der Waals surface area contributed by atoms with E-state index >= 15 is 0 Å². The van der Waals surface area contributed by atoms with Crippen LogP contribution in [0, 0.1) is 0 Å². The summed E-state index contributed by atoms with van der Waals surface area (Å²) in [6.07, 6.45) is 0. The standard InChI is InChI=1S/C7H6N6O3S2/c1-2(14)8-6-12-13-7(18-6)17-4-3(15)9-5(16)11-10-4/h1H3,(H,8,12,14)(H2,9,11,15,16). The summed E-state index contributed by atoms with van der Waals surface area (Å²) < 4.78 is 0.420. The number of aromatic nitrogens is 5. The molecule has 0 fully saturated rings. The number of hydrogen-bond donors (Lipinski definition) is 3. The fourth-order valence-electron chi connectivity index (χ4n) is 0.941. The van der Waals surface area contributed by atoms with E-state index in [9.17, 15) is 14.4 Å². The maximum absolute atomic E-state index is 11.4. The van der Waals surface area contributed by atoms with Crippen LogP contribution >= 0.6 is 23.1 Å². The molecule has 0 atom stereocenters. The SMILES string of the molecule is CC(=O)Nc1nnc(Sc2n[nH]c(=O)[nH]c2=O)s1. The zero-order valence-electron chi connectivity index (χ0n) is 8.88. The Hall–Kier alpha value is -2.01. The Morgan fingerprint density at radius 2 is 2.17 bits per heavy atom. The van der Waals surface area contributed by atoms with Crippen molar-refractivity contribution in [3.63, 3.8) is 0 Å². The van der Waals surface area contributed by atoms with Crippen molar-refractivity contribution in [1.29, 1.82) is 0 Å². The second kappa shape index (κ2) is 5.10. The molecule has 0 saturated heterocycles. The molecular formula is C7H6N6O3S2. The van der Waals surface area contributed by atoms with Gasteiger partial charge in [0.05, 0.1) is 0 Å². The third-order valence-electron chi connectivity index (χ3n) is 1.55. The summed E-state index contributed by atoms with van der Waals surface area (Å²) in [5.41, 5.74) is -1.29. The summed E-state index contributed by atoms with van der Waals surface area (Å²) in [7, 11) is 0. The maximum atomic E-state index is 11.4. The van der Waals surface area contributed by atoms with E-state index in [2.05, 4.69) is 25.7 Å². The van der Waals surface area contributed by atoms with Gasteiger partial charge < -0.3 is 5.32 Å². The van der Waals surface area contributed by atoms with Crippen LogP contribution in [0.15, 0.2) is 19.0 Å². The average Bonchev–Trinajstić information content (AvgIpc) is 2.69. The number of nitrogens with one attached hydrogen (secondary N) is 3. The van der Waals surface area contributed by atoms with Crippen LogP contribution in [0.4, 0.5) is 5.13 Å². The second-order valence-electron chi connectivity index (χ2n) is 2.97. The molecule has 3 N–H and O–H groups in total. The molecule has 0 saturated carbocycles. The first kappa shape index (κ1) is 12.4. The van der Waals surface area contributed by atoms with Crippen LogP contribution in [0.5, 0.6) is 0 Å². The number of carbonyl (C=O) groups is 1. The van der Waals surface area contributed by atoms with E-state index in [0.29, 0.717) is 9.47 Å². The summed E-state index contributed by atoms with van der Waals surface area (Å²) in [4.78, 5) is 34.9. The Morgan fingerprint density at radius 1 is 1.39 bits per heavy atom. The molecule has 1 amide bonds. The molecule has 94 valence electrons. The number of amides is 1. The summed E-state index contributed by atoms with van der Waals surface area (Å²) >= 11 is 2.03. The monoisotopic (exact) mass is 286 g/mol. The van der Waals surface area contributed by atoms with Crippen molar-refractivity contribution >= 4 is 34.1 Å². The largest absolute Gasteiger partial charge is 0.342 e. The smallest absolute Gasteiger partial charge is 0.301 e. The minimum Gasteiger partial charge on any atom is -0.301 e. The van der Waals surface area contributed by atoms with E-state index in [1.807, 2.05) is 4.98 Å². The topological polar surface area (TPSA) is 133 Å². The highest BCUT2D eigenvalue weighted by Gasteiger charge is 2.10. The third-order valence-corrected chi connectivity index (χ3v) is 3.41. The first-order chi connectivity index (χ1) is 8.54. The van der Waals surface area contributed by atoms with Crippen LogP contribution < -0.4 is 16.6 Å². The molecule has 0 radical (unpaired) electrons. The molecule has 0 bridgehead atoms. The maximum Gasteiger partial charge on any atom is 0.342 e. The van der Waals surface area contributed by atoms with Crippen LogP contribution in [0.1, 0.15) is 6.92 Å². The molecule has 2 aromatic rings. The predicted molar refractivity (Wildman–Crippen MR) is 63.8 cm³/mol. The number of aromatic amines is 2. The van der Waals surface area contributed by atoms with Gasteiger partial charge in [-0.3, -0.25) is 14.6 Å². The van der Waals surface area contributed by atoms with Gasteiger partial charge in [-0.15, -0.1) is 10.2 Å². The highest BCUT2D eigenvalue weighted by molar-refractivity contribution is 8.01. The molecular weight excluding hydrogens is 280 g/mol. The minimum atomic E-state index is -0.680. The van der Waals surface area contributed by atoms with E-state index in [0.717, 1.165) is 23.1 Å². The van der Waals surface area contributed by atoms with Gasteiger partial charge in [0, 0.05) is 6.92 Å². The van der Waals surface area contributed by atoms with E-state index in [1.165, 1.54) is 6.92 Å². The first-order valence-corrected chi connectivity index (χ1v) is 6.16. The van der Waals surface area contributed by atoms with Crippen LogP contribution in [-0.4, -0.2) is 31.3 Å². The number of rotatable bonds is 3. The Morgan fingerprint density at radius 3 is 2.83 bits per heavy atom. The third kappa shape index (κ3) is 3.01. The van der Waals surface area contributed by atoms with Gasteiger partial charge in [0.15, 0.2) is 9.37 Å². The van der Waals surface area contributed by atoms with Gasteiger partial charge in [-0.2, -0.15) is 5.10 Å². The zero-order valence-corrected chi connectivity index (χ0v) is 10.5. The highest BCUT2D eigenvalue weighted by Crippen LogP contribution is 2.28. The van der Waals surface area contributed by atoms with Gasteiger partial charge in [-0.05, 0) is 11.8 Å². The Bertz CT molecular complexity index is 689. The number of hydrogen-bond acceptors (Lipinski definition) is 8. The van der Waals surface area contributed by atoms with E-state index < -0.39 is 11.2 Å². The predicted octanol–water partition coefficient (Wildman–Crippen LogP) is -0.581. The lowest BCUT2D eigenvalue weighted by Crippen LogP contribution is -2.24. The van der Waals surface area contributed by atoms with Crippen LogP contribution in [0.3, 0.4) is 0 Å². The lowest BCUT2D eigenvalue weighted by atomic mass is 10.7. The van der Waals surface area contributed by atoms with Crippen molar-refractivity contribution in [3.8, 4) is 0 Å². The van der Waals surface area contributed by atoms with Gasteiger partial charge in [0.1, 0.15) is 0 Å². The van der Waals surface area contributed by atoms with E-state index in [1.54, 1.807) is 0 Å². The molecule has 9 nitrogen and oxygen atoms in total. The highest BCUT2D eigenvalue weighted by atomic mass is 32.2. The van der Waals surface area contributed by atoms with Crippen molar-refractivity contribution in [2.75, 3.05) is 5.32 Å². The summed E-state index contributed by atoms with van der Waals surface area (Å²) in [6, 6.07) is 0. The Labute approximate surface area is 107 Å². The normalized spacial score (nSPS) is 10.3. The molecule has 2 aromatic heterocycles. The van der Waals surface area contributed by atoms with Crippen LogP contribution in [0.25, 0.3) is 0 Å². The fraction of sp³-hybridized carbons (Fsp3) is 0.143. The summed E-state index contributed by atoms with van der Waals surface area (Å²) in [5, 5.41) is 16.0. The van der Waals surface area contributed by atoms with Crippen LogP contribution in [0.2, 0.25) is 0 Å². The number of nitrogens with zero attached hydrogens (tertiary/aromatic N) is 3. The van der Waals surface area contributed by atoms with Crippen molar-refractivity contribution in [1.82, 2.24) is 25.4 Å². The van der Waals surface area contributed by atoms with Gasteiger partial charge in [-0.25, -0.2) is 9.89 Å². The number of H-pyrrole nitrogens is 2. The number of anilines is 1. The van der Waals surface area contributed by atoms with Crippen molar-refractivity contribution in [2.24, 2.45) is 0 Å². The van der Waals surface area contributed by atoms with Gasteiger partial charge in [-0.1, -0.05) is 11.3 Å². The molecule has 0 aliphatic carbocycles. The van der Waals surface area contributed by atoms with Crippen molar-refractivity contribution < 1.29 is 4.79 Å². The lowest BCUT2D eigenvalue weighted by Gasteiger charge is -1.92. The average molecular weight is 286 g/mol. The molecule has 0 aromatic carbocycles. The fourth-order valence-corrected chi connectivity index (χ4v) is 2.59. The number of carbonyl (C=O) groups excluding carboxylic acids is 1. The molecule has 0 unspecified atom stereocenters. The van der Waals surface area contributed by atoms with E-state index in [4.69, 9.17) is 0 Å². The van der Waals surface area contributed by atoms with Gasteiger partial charge in [0.25, 0.3) is 5.56 Å². The molecule has 0 aliphatic rings. The first-order valence-electron chi connectivity index (χ1n) is 4.52. The summed E-state index contributed by atoms with van der Waals surface area (Å²) in [5.74, 6) is -0.261. The van der Waals surface area contributed by atoms with Gasteiger partial charge >= 0.3 is 5.69 Å². The lowest BCUT2D eigenvalue weighted by molar-refractivity contribution is -0.114. The van der Waals surface area contributed by atoms with Gasteiger partial charge in [0.2, 0.25) is 11.0 Å².